The van der Waals surface area contributed by atoms with Crippen molar-refractivity contribution in [3.8, 4) is 0 Å². The van der Waals surface area contributed by atoms with Gasteiger partial charge in [0.1, 0.15) is 5.82 Å². The van der Waals surface area contributed by atoms with E-state index in [4.69, 9.17) is 5.73 Å². The zero-order valence-corrected chi connectivity index (χ0v) is 10.5. The number of hydrogen-bond donors (Lipinski definition) is 2. The van der Waals surface area contributed by atoms with Gasteiger partial charge in [0, 0.05) is 11.7 Å². The average molecular weight is 252 g/mol. The van der Waals surface area contributed by atoms with E-state index in [1.54, 1.807) is 0 Å². The fourth-order valence-electron chi connectivity index (χ4n) is 2.06. The second kappa shape index (κ2) is 4.84. The van der Waals surface area contributed by atoms with Crippen molar-refractivity contribution >= 4 is 17.3 Å². The number of nitrogens with one attached hydrogen (secondary N) is 1. The molecule has 0 bridgehead atoms. The fourth-order valence-corrected chi connectivity index (χ4v) is 2.06. The first-order valence-electron chi connectivity index (χ1n) is 6.00. The summed E-state index contributed by atoms with van der Waals surface area (Å²) in [5.74, 6) is -0.413. The molecule has 0 amide bonds. The molecule has 5 heteroatoms. The summed E-state index contributed by atoms with van der Waals surface area (Å²) in [6, 6.07) is 2.86. The fraction of sp³-hybridized carbons (Fsp3) is 0.462. The van der Waals surface area contributed by atoms with Crippen molar-refractivity contribution in [3.05, 3.63) is 23.5 Å². The van der Waals surface area contributed by atoms with Crippen LogP contribution in [0.4, 0.5) is 15.8 Å². The predicted octanol–water partition coefficient (Wildman–Crippen LogP) is 2.40. The Hall–Kier alpha value is -1.78. The third kappa shape index (κ3) is 2.39. The lowest BCUT2D eigenvalue weighted by molar-refractivity contribution is 0.0602. The number of anilines is 2. The Bertz CT molecular complexity index is 476. The Labute approximate surface area is 105 Å². The van der Waals surface area contributed by atoms with E-state index in [0.29, 0.717) is 17.6 Å². The Morgan fingerprint density at radius 1 is 1.61 bits per heavy atom. The number of benzene rings is 1. The molecule has 2 atom stereocenters. The summed E-state index contributed by atoms with van der Waals surface area (Å²) in [4.78, 5) is 11.5. The first-order chi connectivity index (χ1) is 8.56. The molecule has 0 aliphatic heterocycles. The van der Waals surface area contributed by atoms with E-state index >= 15 is 0 Å². The number of carbonyl (C=O) groups excluding carboxylic acids is 1. The number of halogens is 1. The number of nitrogens with two attached hydrogens (primary N) is 1. The van der Waals surface area contributed by atoms with E-state index in [9.17, 15) is 9.18 Å². The van der Waals surface area contributed by atoms with Gasteiger partial charge in [0.05, 0.1) is 18.4 Å². The van der Waals surface area contributed by atoms with Crippen molar-refractivity contribution in [1.82, 2.24) is 0 Å². The van der Waals surface area contributed by atoms with Crippen LogP contribution in [0, 0.1) is 11.7 Å². The third-order valence-electron chi connectivity index (χ3n) is 3.33. The van der Waals surface area contributed by atoms with E-state index in [1.807, 2.05) is 0 Å². The van der Waals surface area contributed by atoms with Crippen LogP contribution in [-0.2, 0) is 4.74 Å². The van der Waals surface area contributed by atoms with Gasteiger partial charge >= 0.3 is 5.97 Å². The molecule has 0 radical (unpaired) electrons. The van der Waals surface area contributed by atoms with Crippen molar-refractivity contribution in [2.45, 2.75) is 25.8 Å². The third-order valence-corrected chi connectivity index (χ3v) is 3.33. The van der Waals surface area contributed by atoms with Gasteiger partial charge in [-0.1, -0.05) is 13.3 Å². The maximum atomic E-state index is 13.7. The van der Waals surface area contributed by atoms with Crippen LogP contribution in [-0.4, -0.2) is 19.1 Å². The first-order valence-corrected chi connectivity index (χ1v) is 6.00. The zero-order chi connectivity index (χ0) is 13.3. The van der Waals surface area contributed by atoms with Crippen LogP contribution >= 0.6 is 0 Å². The Morgan fingerprint density at radius 2 is 2.33 bits per heavy atom. The molecule has 18 heavy (non-hydrogen) atoms. The molecule has 2 unspecified atom stereocenters. The number of methoxy groups -OCH3 is 1. The standard InChI is InChI=1S/C13H17FN2O2/c1-3-7-4-11(7)16-12-5-8(13(17)18-2)10(15)6-9(12)14/h5-7,11,16H,3-4,15H2,1-2H3. The molecule has 0 heterocycles. The highest BCUT2D eigenvalue weighted by molar-refractivity contribution is 5.96. The van der Waals surface area contributed by atoms with Crippen LogP contribution in [0.15, 0.2) is 12.1 Å². The smallest absolute Gasteiger partial charge is 0.340 e. The minimum absolute atomic E-state index is 0.0905. The lowest BCUT2D eigenvalue weighted by Crippen LogP contribution is -2.11. The number of carbonyl (C=O) groups is 1. The van der Waals surface area contributed by atoms with E-state index in [-0.39, 0.29) is 11.3 Å². The Balaban J connectivity index is 2.22. The first kappa shape index (κ1) is 12.7. The summed E-state index contributed by atoms with van der Waals surface area (Å²) < 4.78 is 18.3. The highest BCUT2D eigenvalue weighted by Crippen LogP contribution is 2.37. The normalized spacial score (nSPS) is 21.5. The summed E-state index contributed by atoms with van der Waals surface area (Å²) in [6.45, 7) is 2.10. The maximum absolute atomic E-state index is 13.7. The quantitative estimate of drug-likeness (QED) is 0.638. The Kier molecular flexibility index (Phi) is 3.41. The summed E-state index contributed by atoms with van der Waals surface area (Å²) >= 11 is 0. The van der Waals surface area contributed by atoms with Crippen LogP contribution in [0.25, 0.3) is 0 Å². The van der Waals surface area contributed by atoms with Crippen LogP contribution in [0.5, 0.6) is 0 Å². The van der Waals surface area contributed by atoms with Crippen LogP contribution in [0.3, 0.4) is 0 Å². The van der Waals surface area contributed by atoms with E-state index in [0.717, 1.165) is 18.9 Å². The zero-order valence-electron chi connectivity index (χ0n) is 10.5. The monoisotopic (exact) mass is 252 g/mol. The molecule has 0 spiro atoms. The van der Waals surface area contributed by atoms with Crippen LogP contribution in [0.2, 0.25) is 0 Å². The van der Waals surface area contributed by atoms with Gasteiger partial charge in [0.2, 0.25) is 0 Å². The average Bonchev–Trinajstić information content (AvgIpc) is 3.10. The second-order valence-corrected chi connectivity index (χ2v) is 4.57. The van der Waals surface area contributed by atoms with Crippen molar-refractivity contribution < 1.29 is 13.9 Å². The number of hydrogen-bond acceptors (Lipinski definition) is 4. The molecule has 1 aliphatic rings. The largest absolute Gasteiger partial charge is 0.465 e. The van der Waals surface area contributed by atoms with Crippen molar-refractivity contribution in [3.63, 3.8) is 0 Å². The second-order valence-electron chi connectivity index (χ2n) is 4.57. The summed E-state index contributed by atoms with van der Waals surface area (Å²) in [6.07, 6.45) is 2.10. The molecule has 1 aliphatic carbocycles. The highest BCUT2D eigenvalue weighted by Gasteiger charge is 2.35. The van der Waals surface area contributed by atoms with Crippen LogP contribution in [0.1, 0.15) is 30.1 Å². The van der Waals surface area contributed by atoms with E-state index in [2.05, 4.69) is 17.0 Å². The number of esters is 1. The van der Waals surface area contributed by atoms with Gasteiger partial charge in [-0.3, -0.25) is 0 Å². The number of ether oxygens (including phenoxy) is 1. The molecule has 1 saturated carbocycles. The van der Waals surface area contributed by atoms with Crippen molar-refractivity contribution in [1.29, 1.82) is 0 Å². The van der Waals surface area contributed by atoms with Gasteiger partial charge in [-0.25, -0.2) is 9.18 Å². The molecule has 1 aromatic carbocycles. The topological polar surface area (TPSA) is 64.3 Å². The minimum Gasteiger partial charge on any atom is -0.465 e. The van der Waals surface area contributed by atoms with Gasteiger partial charge in [-0.2, -0.15) is 0 Å². The van der Waals surface area contributed by atoms with Gasteiger partial charge in [-0.05, 0) is 24.5 Å². The number of nitrogen functional groups attached to an aromatic ring is 1. The maximum Gasteiger partial charge on any atom is 0.340 e. The van der Waals surface area contributed by atoms with Gasteiger partial charge in [0.25, 0.3) is 0 Å². The molecule has 4 nitrogen and oxygen atoms in total. The molecule has 98 valence electrons. The van der Waals surface area contributed by atoms with Crippen LogP contribution < -0.4 is 11.1 Å². The van der Waals surface area contributed by atoms with Gasteiger partial charge in [0.15, 0.2) is 0 Å². The lowest BCUT2D eigenvalue weighted by Gasteiger charge is -2.10. The summed E-state index contributed by atoms with van der Waals surface area (Å²) in [5, 5.41) is 3.09. The highest BCUT2D eigenvalue weighted by atomic mass is 19.1. The van der Waals surface area contributed by atoms with Gasteiger partial charge in [-0.15, -0.1) is 0 Å². The Morgan fingerprint density at radius 3 is 2.89 bits per heavy atom. The molecular formula is C13H17FN2O2. The lowest BCUT2D eigenvalue weighted by atomic mass is 10.1. The molecular weight excluding hydrogens is 235 g/mol. The van der Waals surface area contributed by atoms with E-state index in [1.165, 1.54) is 13.2 Å². The molecule has 0 aromatic heterocycles. The molecule has 1 fully saturated rings. The summed E-state index contributed by atoms with van der Waals surface area (Å²) in [5.41, 5.74) is 6.19. The molecule has 2 rings (SSSR count). The number of rotatable bonds is 4. The van der Waals surface area contributed by atoms with E-state index < -0.39 is 11.8 Å². The molecule has 0 saturated heterocycles. The minimum atomic E-state index is -0.557. The predicted molar refractivity (Wildman–Crippen MR) is 68.0 cm³/mol. The van der Waals surface area contributed by atoms with Crippen molar-refractivity contribution in [2.24, 2.45) is 5.92 Å². The SMILES string of the molecule is CCC1CC1Nc1cc(C(=O)OC)c(N)cc1F. The molecule has 1 aromatic rings. The molecule has 3 N–H and O–H groups in total. The van der Waals surface area contributed by atoms with Crippen molar-refractivity contribution in [2.75, 3.05) is 18.2 Å². The van der Waals surface area contributed by atoms with Gasteiger partial charge < -0.3 is 15.8 Å². The summed E-state index contributed by atoms with van der Waals surface area (Å²) in [7, 11) is 1.27.